The van der Waals surface area contributed by atoms with Crippen molar-refractivity contribution >= 4 is 5.91 Å². The molecule has 2 unspecified atom stereocenters. The molecule has 2 fully saturated rings. The van der Waals surface area contributed by atoms with E-state index >= 15 is 0 Å². The zero-order valence-electron chi connectivity index (χ0n) is 19.2. The van der Waals surface area contributed by atoms with Gasteiger partial charge < -0.3 is 24.6 Å². The van der Waals surface area contributed by atoms with Crippen molar-refractivity contribution in [2.45, 2.75) is 51.6 Å². The number of amides is 1. The van der Waals surface area contributed by atoms with Crippen LogP contribution in [0.3, 0.4) is 0 Å². The molecule has 0 bridgehead atoms. The first-order valence-electron chi connectivity index (χ1n) is 12.3. The van der Waals surface area contributed by atoms with E-state index in [9.17, 15) is 4.79 Å². The molecule has 3 aliphatic heterocycles. The standard InChI is InChI=1S/C25H34N4O4/c30-25(27-14-18-4-5-23-24(10-18)32-17-31-23)12-19-6-7-26-15-20(19)11-21-13-22(33-28-21)16-29-8-2-1-3-9-29/h4-5,10,13,19-20,26H,1-3,6-9,11-12,14-17H2,(H,27,30). The van der Waals surface area contributed by atoms with Gasteiger partial charge in [-0.15, -0.1) is 0 Å². The number of fused-ring (bicyclic) bond motifs is 1. The zero-order chi connectivity index (χ0) is 22.5. The first-order chi connectivity index (χ1) is 16.2. The molecular weight excluding hydrogens is 420 g/mol. The third kappa shape index (κ3) is 5.86. The van der Waals surface area contributed by atoms with Crippen LogP contribution in [-0.4, -0.2) is 48.9 Å². The van der Waals surface area contributed by atoms with E-state index in [0.29, 0.717) is 24.8 Å². The fraction of sp³-hybridized carbons (Fsp3) is 0.600. The van der Waals surface area contributed by atoms with Crippen LogP contribution >= 0.6 is 0 Å². The Hall–Kier alpha value is -2.58. The molecule has 1 amide bonds. The molecule has 0 aliphatic carbocycles. The second-order valence-corrected chi connectivity index (χ2v) is 9.51. The van der Waals surface area contributed by atoms with Crippen LogP contribution in [0.1, 0.15) is 49.1 Å². The van der Waals surface area contributed by atoms with E-state index in [2.05, 4.69) is 26.8 Å². The zero-order valence-corrected chi connectivity index (χ0v) is 19.2. The normalized spacial score (nSPS) is 22.9. The summed E-state index contributed by atoms with van der Waals surface area (Å²) in [6, 6.07) is 7.90. The summed E-state index contributed by atoms with van der Waals surface area (Å²) in [6.07, 6.45) is 6.26. The van der Waals surface area contributed by atoms with Crippen molar-refractivity contribution in [3.8, 4) is 11.5 Å². The number of hydrogen-bond donors (Lipinski definition) is 2. The second kappa shape index (κ2) is 10.6. The molecule has 0 saturated carbocycles. The van der Waals surface area contributed by atoms with Crippen LogP contribution in [0.15, 0.2) is 28.8 Å². The Morgan fingerprint density at radius 1 is 1.12 bits per heavy atom. The molecule has 3 aliphatic rings. The highest BCUT2D eigenvalue weighted by atomic mass is 16.7. The summed E-state index contributed by atoms with van der Waals surface area (Å²) in [5.41, 5.74) is 2.01. The Morgan fingerprint density at radius 2 is 2.00 bits per heavy atom. The maximum Gasteiger partial charge on any atom is 0.231 e. The molecule has 0 spiro atoms. The highest BCUT2D eigenvalue weighted by Gasteiger charge is 2.28. The van der Waals surface area contributed by atoms with Crippen LogP contribution in [0, 0.1) is 11.8 Å². The number of aromatic nitrogens is 1. The number of likely N-dealkylation sites (tertiary alicyclic amines) is 1. The lowest BCUT2D eigenvalue weighted by Gasteiger charge is -2.31. The van der Waals surface area contributed by atoms with Crippen LogP contribution < -0.4 is 20.1 Å². The molecule has 2 aromatic rings. The van der Waals surface area contributed by atoms with Crippen LogP contribution in [0.2, 0.25) is 0 Å². The van der Waals surface area contributed by atoms with Gasteiger partial charge in [-0.1, -0.05) is 17.6 Å². The maximum absolute atomic E-state index is 12.7. The molecule has 1 aromatic heterocycles. The van der Waals surface area contributed by atoms with Crippen LogP contribution in [0.25, 0.3) is 0 Å². The van der Waals surface area contributed by atoms with Gasteiger partial charge in [-0.25, -0.2) is 0 Å². The monoisotopic (exact) mass is 454 g/mol. The highest BCUT2D eigenvalue weighted by Crippen LogP contribution is 2.32. The van der Waals surface area contributed by atoms with Crippen molar-refractivity contribution < 1.29 is 18.8 Å². The molecule has 8 heteroatoms. The summed E-state index contributed by atoms with van der Waals surface area (Å²) in [5.74, 6) is 3.26. The number of carbonyl (C=O) groups excluding carboxylic acids is 1. The minimum Gasteiger partial charge on any atom is -0.454 e. The van der Waals surface area contributed by atoms with Crippen LogP contribution in [0.5, 0.6) is 11.5 Å². The Labute approximate surface area is 195 Å². The van der Waals surface area contributed by atoms with E-state index in [0.717, 1.165) is 74.1 Å². The van der Waals surface area contributed by atoms with Gasteiger partial charge in [0, 0.05) is 19.0 Å². The van der Waals surface area contributed by atoms with Crippen molar-refractivity contribution in [3.05, 3.63) is 41.3 Å². The molecule has 33 heavy (non-hydrogen) atoms. The summed E-state index contributed by atoms with van der Waals surface area (Å²) in [7, 11) is 0. The van der Waals surface area contributed by atoms with Crippen molar-refractivity contribution in [2.24, 2.45) is 11.8 Å². The fourth-order valence-electron chi connectivity index (χ4n) is 5.18. The van der Waals surface area contributed by atoms with Crippen LogP contribution in [-0.2, 0) is 24.3 Å². The maximum atomic E-state index is 12.7. The number of carbonyl (C=O) groups is 1. The third-order valence-corrected chi connectivity index (χ3v) is 7.05. The molecular formula is C25H34N4O4. The Bertz CT molecular complexity index is 940. The molecule has 8 nitrogen and oxygen atoms in total. The predicted octanol–water partition coefficient (Wildman–Crippen LogP) is 2.86. The van der Waals surface area contributed by atoms with Gasteiger partial charge in [0.05, 0.1) is 12.2 Å². The summed E-state index contributed by atoms with van der Waals surface area (Å²) < 4.78 is 16.4. The number of benzene rings is 1. The lowest BCUT2D eigenvalue weighted by molar-refractivity contribution is -0.122. The number of ether oxygens (including phenoxy) is 2. The fourth-order valence-corrected chi connectivity index (χ4v) is 5.18. The van der Waals surface area contributed by atoms with Crippen molar-refractivity contribution in [1.82, 2.24) is 20.7 Å². The molecule has 178 valence electrons. The highest BCUT2D eigenvalue weighted by molar-refractivity contribution is 5.76. The average molecular weight is 455 g/mol. The molecule has 1 aromatic carbocycles. The van der Waals surface area contributed by atoms with E-state index in [1.807, 2.05) is 18.2 Å². The van der Waals surface area contributed by atoms with E-state index in [-0.39, 0.29) is 12.7 Å². The van der Waals surface area contributed by atoms with Gasteiger partial charge in [0.25, 0.3) is 0 Å². The van der Waals surface area contributed by atoms with Crippen molar-refractivity contribution in [1.29, 1.82) is 0 Å². The minimum absolute atomic E-state index is 0.0931. The molecule has 4 heterocycles. The van der Waals surface area contributed by atoms with E-state index in [4.69, 9.17) is 14.0 Å². The third-order valence-electron chi connectivity index (χ3n) is 7.05. The van der Waals surface area contributed by atoms with Gasteiger partial charge in [0.15, 0.2) is 17.3 Å². The summed E-state index contributed by atoms with van der Waals surface area (Å²) >= 11 is 0. The first-order valence-corrected chi connectivity index (χ1v) is 12.3. The van der Waals surface area contributed by atoms with Gasteiger partial charge in [-0.2, -0.15) is 0 Å². The second-order valence-electron chi connectivity index (χ2n) is 9.51. The van der Waals surface area contributed by atoms with Gasteiger partial charge in [0.1, 0.15) is 0 Å². The topological polar surface area (TPSA) is 88.9 Å². The van der Waals surface area contributed by atoms with E-state index in [1.54, 1.807) is 0 Å². The lowest BCUT2D eigenvalue weighted by atomic mass is 9.81. The summed E-state index contributed by atoms with van der Waals surface area (Å²) in [6.45, 7) is 5.76. The van der Waals surface area contributed by atoms with Crippen molar-refractivity contribution in [3.63, 3.8) is 0 Å². The average Bonchev–Trinajstić information content (AvgIpc) is 3.48. The minimum atomic E-state index is 0.0931. The smallest absolute Gasteiger partial charge is 0.231 e. The Balaban J connectivity index is 1.11. The van der Waals surface area contributed by atoms with E-state index in [1.165, 1.54) is 19.3 Å². The molecule has 2 saturated heterocycles. The molecule has 2 atom stereocenters. The Kier molecular flexibility index (Phi) is 7.12. The SMILES string of the molecule is O=C(CC1CCNCC1Cc1cc(CN2CCCCC2)on1)NCc1ccc2c(c1)OCO2. The number of nitrogens with one attached hydrogen (secondary N) is 2. The van der Waals surface area contributed by atoms with Crippen molar-refractivity contribution in [2.75, 3.05) is 33.0 Å². The first kappa shape index (κ1) is 22.2. The quantitative estimate of drug-likeness (QED) is 0.634. The van der Waals surface area contributed by atoms with Gasteiger partial charge in [0.2, 0.25) is 12.7 Å². The van der Waals surface area contributed by atoms with Gasteiger partial charge in [-0.05, 0) is 81.4 Å². The van der Waals surface area contributed by atoms with E-state index < -0.39 is 0 Å². The molecule has 5 rings (SSSR count). The number of hydrogen-bond acceptors (Lipinski definition) is 7. The number of nitrogens with zero attached hydrogens (tertiary/aromatic N) is 2. The largest absolute Gasteiger partial charge is 0.454 e. The predicted molar refractivity (Wildman–Crippen MR) is 123 cm³/mol. The summed E-state index contributed by atoms with van der Waals surface area (Å²) in [5, 5.41) is 10.9. The molecule has 2 N–H and O–H groups in total. The van der Waals surface area contributed by atoms with Crippen LogP contribution in [0.4, 0.5) is 0 Å². The van der Waals surface area contributed by atoms with Gasteiger partial charge >= 0.3 is 0 Å². The summed E-state index contributed by atoms with van der Waals surface area (Å²) in [4.78, 5) is 15.2. The van der Waals surface area contributed by atoms with Gasteiger partial charge in [-0.3, -0.25) is 9.69 Å². The number of piperidine rings is 2. The number of rotatable bonds is 8. The lowest BCUT2D eigenvalue weighted by Crippen LogP contribution is -2.40. The Morgan fingerprint density at radius 3 is 2.91 bits per heavy atom. The molecule has 0 radical (unpaired) electrons.